The first-order valence-electron chi connectivity index (χ1n) is 8.28. The topological polar surface area (TPSA) is 66.9 Å². The summed E-state index contributed by atoms with van der Waals surface area (Å²) in [5.41, 5.74) is 1.79. The van der Waals surface area contributed by atoms with Gasteiger partial charge in [-0.25, -0.2) is 9.78 Å². The van der Waals surface area contributed by atoms with Crippen molar-refractivity contribution in [1.82, 2.24) is 15.2 Å². The van der Waals surface area contributed by atoms with Gasteiger partial charge in [0.2, 0.25) is 6.79 Å². The van der Waals surface area contributed by atoms with Gasteiger partial charge in [-0.2, -0.15) is 0 Å². The molecule has 7 heteroatoms. The maximum Gasteiger partial charge on any atom is 0.317 e. The van der Waals surface area contributed by atoms with E-state index in [-0.39, 0.29) is 18.4 Å². The first kappa shape index (κ1) is 14.4. The summed E-state index contributed by atoms with van der Waals surface area (Å²) in [7, 11) is 1.86. The number of hydrogen-bond acceptors (Lipinski definition) is 5. The van der Waals surface area contributed by atoms with Gasteiger partial charge in [-0.3, -0.25) is 0 Å². The lowest BCUT2D eigenvalue weighted by Gasteiger charge is -2.51. The molecule has 0 saturated carbocycles. The molecule has 0 aliphatic carbocycles. The number of amides is 2. The van der Waals surface area contributed by atoms with Gasteiger partial charge in [0.05, 0.1) is 11.2 Å². The van der Waals surface area contributed by atoms with E-state index >= 15 is 0 Å². The van der Waals surface area contributed by atoms with E-state index in [0.717, 1.165) is 41.7 Å². The summed E-state index contributed by atoms with van der Waals surface area (Å²) < 4.78 is 10.8. The van der Waals surface area contributed by atoms with Crippen molar-refractivity contribution in [1.29, 1.82) is 0 Å². The van der Waals surface area contributed by atoms with E-state index < -0.39 is 0 Å². The van der Waals surface area contributed by atoms with E-state index in [1.165, 1.54) is 0 Å². The molecule has 2 fully saturated rings. The second kappa shape index (κ2) is 5.02. The van der Waals surface area contributed by atoms with Gasteiger partial charge in [-0.1, -0.05) is 6.07 Å². The average Bonchev–Trinajstić information content (AvgIpc) is 3.18. The molecular weight excluding hydrogens is 320 g/mol. The van der Waals surface area contributed by atoms with Crippen LogP contribution < -0.4 is 19.7 Å². The van der Waals surface area contributed by atoms with Crippen molar-refractivity contribution in [3.05, 3.63) is 36.4 Å². The molecule has 5 rings (SSSR count). The zero-order valence-electron chi connectivity index (χ0n) is 13.9. The van der Waals surface area contributed by atoms with Crippen LogP contribution in [0, 0.1) is 0 Å². The Morgan fingerprint density at radius 3 is 2.80 bits per heavy atom. The number of pyridine rings is 1. The Morgan fingerprint density at radius 1 is 1.16 bits per heavy atom. The second-order valence-corrected chi connectivity index (χ2v) is 6.75. The minimum atomic E-state index is -0.104. The second-order valence-electron chi connectivity index (χ2n) is 6.75. The molecule has 1 aromatic heterocycles. The lowest BCUT2D eigenvalue weighted by atomic mass is 9.89. The van der Waals surface area contributed by atoms with Gasteiger partial charge in [-0.15, -0.1) is 0 Å². The van der Waals surface area contributed by atoms with Crippen LogP contribution in [0.5, 0.6) is 11.5 Å². The fourth-order valence-electron chi connectivity index (χ4n) is 3.66. The number of rotatable bonds is 2. The van der Waals surface area contributed by atoms with Crippen molar-refractivity contribution in [2.24, 2.45) is 0 Å². The Bertz CT molecular complexity index is 863. The molecule has 7 nitrogen and oxygen atoms in total. The molecule has 0 bridgehead atoms. The number of hydrogen-bond donors (Lipinski definition) is 1. The maximum atomic E-state index is 11.7. The molecule has 2 aromatic rings. The summed E-state index contributed by atoms with van der Waals surface area (Å²) >= 11 is 0. The lowest BCUT2D eigenvalue weighted by molar-refractivity contribution is 0.151. The normalized spacial score (nSPS) is 20.0. The highest BCUT2D eigenvalue weighted by Gasteiger charge is 2.52. The average molecular weight is 338 g/mol. The third-order valence-electron chi connectivity index (χ3n) is 5.28. The van der Waals surface area contributed by atoms with E-state index in [4.69, 9.17) is 14.5 Å². The molecule has 2 amide bonds. The summed E-state index contributed by atoms with van der Waals surface area (Å²) in [6, 6.07) is 11.9. The molecule has 0 atom stereocenters. The van der Waals surface area contributed by atoms with Gasteiger partial charge in [0.1, 0.15) is 5.82 Å². The standard InChI is InChI=1S/C18H18N4O3/c1-21-17(23)19-8-18(21)9-22(10-18)16-4-2-3-13(20-16)12-5-6-14-15(7-12)25-11-24-14/h2-7H,8-11H2,1H3,(H,19,23). The zero-order valence-corrected chi connectivity index (χ0v) is 13.9. The fraction of sp³-hybridized carbons (Fsp3) is 0.333. The smallest absolute Gasteiger partial charge is 0.317 e. The molecule has 1 spiro atoms. The van der Waals surface area contributed by atoms with Crippen molar-refractivity contribution < 1.29 is 14.3 Å². The molecule has 3 aliphatic heterocycles. The van der Waals surface area contributed by atoms with Crippen LogP contribution in [0.15, 0.2) is 36.4 Å². The number of anilines is 1. The minimum absolute atomic E-state index is 0.00159. The van der Waals surface area contributed by atoms with Gasteiger partial charge in [0, 0.05) is 32.2 Å². The summed E-state index contributed by atoms with van der Waals surface area (Å²) in [5.74, 6) is 2.45. The summed E-state index contributed by atoms with van der Waals surface area (Å²) in [6.45, 7) is 2.54. The number of fused-ring (bicyclic) bond motifs is 1. The molecule has 0 unspecified atom stereocenters. The molecule has 4 heterocycles. The Morgan fingerprint density at radius 2 is 2.00 bits per heavy atom. The van der Waals surface area contributed by atoms with Crippen LogP contribution in [0.25, 0.3) is 11.3 Å². The largest absolute Gasteiger partial charge is 0.454 e. The molecule has 128 valence electrons. The molecule has 1 aromatic carbocycles. The van der Waals surface area contributed by atoms with Crippen LogP contribution in [-0.2, 0) is 0 Å². The quantitative estimate of drug-likeness (QED) is 0.903. The first-order chi connectivity index (χ1) is 12.1. The third-order valence-corrected chi connectivity index (χ3v) is 5.28. The number of nitrogens with one attached hydrogen (secondary N) is 1. The van der Waals surface area contributed by atoms with E-state index in [9.17, 15) is 4.79 Å². The first-order valence-corrected chi connectivity index (χ1v) is 8.28. The summed E-state index contributed by atoms with van der Waals surface area (Å²) in [5, 5.41) is 2.91. The monoisotopic (exact) mass is 338 g/mol. The Hall–Kier alpha value is -2.96. The number of carbonyl (C=O) groups is 1. The number of aromatic nitrogens is 1. The number of benzene rings is 1. The molecule has 1 N–H and O–H groups in total. The van der Waals surface area contributed by atoms with E-state index in [2.05, 4.69) is 10.2 Å². The lowest BCUT2D eigenvalue weighted by Crippen LogP contribution is -2.69. The minimum Gasteiger partial charge on any atom is -0.454 e. The van der Waals surface area contributed by atoms with Crippen LogP contribution in [0.2, 0.25) is 0 Å². The van der Waals surface area contributed by atoms with Crippen LogP contribution in [-0.4, -0.2) is 54.9 Å². The maximum absolute atomic E-state index is 11.7. The van der Waals surface area contributed by atoms with Gasteiger partial charge < -0.3 is 24.6 Å². The molecule has 2 saturated heterocycles. The van der Waals surface area contributed by atoms with E-state index in [1.54, 1.807) is 0 Å². The Labute approximate surface area is 145 Å². The predicted octanol–water partition coefficient (Wildman–Crippen LogP) is 1.69. The van der Waals surface area contributed by atoms with Crippen molar-refractivity contribution in [2.45, 2.75) is 5.54 Å². The van der Waals surface area contributed by atoms with Crippen molar-refractivity contribution in [2.75, 3.05) is 38.4 Å². The number of urea groups is 1. The van der Waals surface area contributed by atoms with Gasteiger partial charge in [0.15, 0.2) is 11.5 Å². The highest BCUT2D eigenvalue weighted by atomic mass is 16.7. The fourth-order valence-corrected chi connectivity index (χ4v) is 3.66. The van der Waals surface area contributed by atoms with Crippen LogP contribution >= 0.6 is 0 Å². The highest BCUT2D eigenvalue weighted by Crippen LogP contribution is 2.37. The molecule has 25 heavy (non-hydrogen) atoms. The highest BCUT2D eigenvalue weighted by molar-refractivity contribution is 5.79. The Kier molecular flexibility index (Phi) is 2.89. The number of likely N-dealkylation sites (N-methyl/N-ethyl adjacent to an activating group) is 1. The van der Waals surface area contributed by atoms with Gasteiger partial charge in [0.25, 0.3) is 0 Å². The van der Waals surface area contributed by atoms with E-state index in [0.29, 0.717) is 6.54 Å². The van der Waals surface area contributed by atoms with E-state index in [1.807, 2.05) is 48.3 Å². The third kappa shape index (κ3) is 2.12. The molecule has 3 aliphatic rings. The van der Waals surface area contributed by atoms with Crippen LogP contribution in [0.4, 0.5) is 10.6 Å². The zero-order chi connectivity index (χ0) is 17.0. The van der Waals surface area contributed by atoms with Crippen molar-refractivity contribution >= 4 is 11.8 Å². The van der Waals surface area contributed by atoms with Gasteiger partial charge >= 0.3 is 6.03 Å². The number of ether oxygens (including phenoxy) is 2. The summed E-state index contributed by atoms with van der Waals surface area (Å²) in [4.78, 5) is 20.5. The van der Waals surface area contributed by atoms with Crippen molar-refractivity contribution in [3.63, 3.8) is 0 Å². The summed E-state index contributed by atoms with van der Waals surface area (Å²) in [6.07, 6.45) is 0. The molecule has 0 radical (unpaired) electrons. The van der Waals surface area contributed by atoms with Crippen LogP contribution in [0.3, 0.4) is 0 Å². The van der Waals surface area contributed by atoms with Crippen LogP contribution in [0.1, 0.15) is 0 Å². The number of nitrogens with zero attached hydrogens (tertiary/aromatic N) is 3. The number of carbonyl (C=O) groups excluding carboxylic acids is 1. The van der Waals surface area contributed by atoms with Gasteiger partial charge in [-0.05, 0) is 30.3 Å². The molecular formula is C18H18N4O3. The predicted molar refractivity (Wildman–Crippen MR) is 91.9 cm³/mol. The Balaban J connectivity index is 1.39. The van der Waals surface area contributed by atoms with Crippen molar-refractivity contribution in [3.8, 4) is 22.8 Å². The SMILES string of the molecule is CN1C(=O)NCC12CN(c1cccc(-c3ccc4c(c3)OCO4)n1)C2.